The number of hydrogen-bond donors (Lipinski definition) is 3. The van der Waals surface area contributed by atoms with Crippen molar-refractivity contribution in [2.75, 3.05) is 10.6 Å². The molecule has 1 amide bonds. The summed E-state index contributed by atoms with van der Waals surface area (Å²) >= 11 is 0. The van der Waals surface area contributed by atoms with Gasteiger partial charge in [-0.05, 0) is 74.7 Å². The summed E-state index contributed by atoms with van der Waals surface area (Å²) in [7, 11) is 0. The van der Waals surface area contributed by atoms with Gasteiger partial charge in [0.2, 0.25) is 5.91 Å². The zero-order valence-electron chi connectivity index (χ0n) is 18.9. The number of pyridine rings is 1. The lowest BCUT2D eigenvalue weighted by Gasteiger charge is -2.15. The monoisotopic (exact) mass is 429 g/mol. The van der Waals surface area contributed by atoms with Crippen molar-refractivity contribution < 1.29 is 4.79 Å². The molecule has 6 heteroatoms. The maximum absolute atomic E-state index is 11.7. The van der Waals surface area contributed by atoms with Gasteiger partial charge in [0.1, 0.15) is 5.82 Å². The first-order valence-corrected chi connectivity index (χ1v) is 10.4. The fourth-order valence-corrected chi connectivity index (χ4v) is 3.14. The summed E-state index contributed by atoms with van der Waals surface area (Å²) in [5.74, 6) is 0.474. The van der Waals surface area contributed by atoms with Crippen LogP contribution in [0.5, 0.6) is 0 Å². The number of nitrogens with one attached hydrogen (secondary N) is 2. The normalized spacial score (nSPS) is 13.0. The lowest BCUT2D eigenvalue weighted by Crippen LogP contribution is -2.15. The maximum Gasteiger partial charge on any atom is 0.247 e. The average molecular weight is 430 g/mol. The van der Waals surface area contributed by atoms with E-state index in [9.17, 15) is 4.79 Å². The predicted octanol–water partition coefficient (Wildman–Crippen LogP) is 5.24. The highest BCUT2D eigenvalue weighted by atomic mass is 16.1. The summed E-state index contributed by atoms with van der Waals surface area (Å²) in [6.45, 7) is 13.0. The second kappa shape index (κ2) is 12.1. The number of aromatic nitrogens is 1. The number of amides is 1. The molecular formula is C26H31N5O. The van der Waals surface area contributed by atoms with Gasteiger partial charge in [0.25, 0.3) is 0 Å². The van der Waals surface area contributed by atoms with Gasteiger partial charge in [0, 0.05) is 35.4 Å². The average Bonchev–Trinajstić information content (AvgIpc) is 2.75. The molecule has 2 aromatic rings. The third-order valence-corrected chi connectivity index (χ3v) is 4.51. The summed E-state index contributed by atoms with van der Waals surface area (Å²) in [4.78, 5) is 20.6. The van der Waals surface area contributed by atoms with Crippen molar-refractivity contribution in [2.24, 2.45) is 10.7 Å². The highest BCUT2D eigenvalue weighted by Gasteiger charge is 2.10. The van der Waals surface area contributed by atoms with Crippen molar-refractivity contribution in [1.29, 1.82) is 0 Å². The molecule has 0 aliphatic rings. The molecule has 1 atom stereocenters. The number of rotatable bonds is 10. The molecule has 1 aromatic heterocycles. The minimum absolute atomic E-state index is 0.0114. The van der Waals surface area contributed by atoms with Crippen LogP contribution in [0.15, 0.2) is 90.2 Å². The molecule has 32 heavy (non-hydrogen) atoms. The number of allylic oxidation sites excluding steroid dienone is 3. The highest BCUT2D eigenvalue weighted by Crippen LogP contribution is 2.25. The Morgan fingerprint density at radius 2 is 2.06 bits per heavy atom. The second-order valence-corrected chi connectivity index (χ2v) is 7.36. The zero-order valence-corrected chi connectivity index (χ0v) is 18.9. The smallest absolute Gasteiger partial charge is 0.247 e. The molecular weight excluding hydrogens is 398 g/mol. The van der Waals surface area contributed by atoms with Gasteiger partial charge in [-0.1, -0.05) is 31.4 Å². The molecule has 0 bridgehead atoms. The molecule has 166 valence electrons. The maximum atomic E-state index is 11.7. The first-order valence-electron chi connectivity index (χ1n) is 10.4. The van der Waals surface area contributed by atoms with E-state index in [-0.39, 0.29) is 11.9 Å². The topological polar surface area (TPSA) is 92.4 Å². The van der Waals surface area contributed by atoms with E-state index in [1.165, 1.54) is 12.3 Å². The predicted molar refractivity (Wildman–Crippen MR) is 136 cm³/mol. The molecule has 0 aliphatic carbocycles. The number of carbonyl (C=O) groups excluding carboxylic acids is 1. The second-order valence-electron chi connectivity index (χ2n) is 7.36. The summed E-state index contributed by atoms with van der Waals surface area (Å²) in [5, 5.41) is 6.19. The Hall–Kier alpha value is -3.93. The molecule has 1 heterocycles. The van der Waals surface area contributed by atoms with Crippen LogP contribution in [0.4, 0.5) is 11.5 Å². The van der Waals surface area contributed by atoms with Crippen LogP contribution >= 0.6 is 0 Å². The molecule has 1 aromatic carbocycles. The standard InChI is InChI=1S/C26H31N5O/c1-6-20(17-28-8-3)13-21-14-24(31-25(15-21)29-19(5)12-18(4)27)22-10-9-11-23(16-22)30-26(32)7-2/h6-12,14-17,19H,2-3,13,27H2,1,4-5H3,(H,29,31)(H,30,32)/b18-12-,20-6-,28-17?. The van der Waals surface area contributed by atoms with E-state index in [2.05, 4.69) is 28.8 Å². The number of anilines is 2. The van der Waals surface area contributed by atoms with Crippen molar-refractivity contribution in [3.8, 4) is 11.3 Å². The number of benzene rings is 1. The van der Waals surface area contributed by atoms with Gasteiger partial charge in [-0.2, -0.15) is 0 Å². The van der Waals surface area contributed by atoms with E-state index in [4.69, 9.17) is 10.7 Å². The van der Waals surface area contributed by atoms with Crippen molar-refractivity contribution in [1.82, 2.24) is 4.98 Å². The largest absolute Gasteiger partial charge is 0.402 e. The number of carbonyl (C=O) groups is 1. The Labute approximate surface area is 190 Å². The first-order chi connectivity index (χ1) is 15.3. The van der Waals surface area contributed by atoms with Crippen LogP contribution in [0.2, 0.25) is 0 Å². The van der Waals surface area contributed by atoms with Crippen LogP contribution < -0.4 is 16.4 Å². The lowest BCUT2D eigenvalue weighted by molar-refractivity contribution is -0.111. The number of hydrogen-bond acceptors (Lipinski definition) is 5. The quantitative estimate of drug-likeness (QED) is 0.356. The summed E-state index contributed by atoms with van der Waals surface area (Å²) < 4.78 is 0. The van der Waals surface area contributed by atoms with Crippen molar-refractivity contribution in [3.05, 3.63) is 90.8 Å². The van der Waals surface area contributed by atoms with Crippen LogP contribution in [0.3, 0.4) is 0 Å². The van der Waals surface area contributed by atoms with Crippen LogP contribution in [0, 0.1) is 0 Å². The van der Waals surface area contributed by atoms with E-state index in [0.717, 1.165) is 33.9 Å². The fourth-order valence-electron chi connectivity index (χ4n) is 3.14. The van der Waals surface area contributed by atoms with E-state index >= 15 is 0 Å². The Bertz CT molecular complexity index is 1060. The Balaban J connectivity index is 2.47. The van der Waals surface area contributed by atoms with Crippen LogP contribution in [0.1, 0.15) is 26.3 Å². The van der Waals surface area contributed by atoms with Gasteiger partial charge in [-0.15, -0.1) is 0 Å². The molecule has 0 aliphatic heterocycles. The highest BCUT2D eigenvalue weighted by molar-refractivity contribution is 5.99. The van der Waals surface area contributed by atoms with Crippen LogP contribution in [0.25, 0.3) is 11.3 Å². The van der Waals surface area contributed by atoms with E-state index in [1.54, 1.807) is 6.21 Å². The molecule has 4 N–H and O–H groups in total. The Morgan fingerprint density at radius 3 is 2.72 bits per heavy atom. The third-order valence-electron chi connectivity index (χ3n) is 4.51. The Morgan fingerprint density at radius 1 is 1.28 bits per heavy atom. The first kappa shape index (κ1) is 24.3. The third kappa shape index (κ3) is 7.72. The SMILES string of the molecule is C=CN=C/C(=C\C)Cc1cc(NC(C)/C=C(/C)N)nc(-c2cccc(NC(=O)C=C)c2)c1. The molecule has 1 unspecified atom stereocenters. The van der Waals surface area contributed by atoms with Gasteiger partial charge in [-0.3, -0.25) is 9.79 Å². The number of aliphatic imine (C=N–C) groups is 1. The zero-order chi connectivity index (χ0) is 23.5. The lowest BCUT2D eigenvalue weighted by atomic mass is 10.0. The number of nitrogens with zero attached hydrogens (tertiary/aromatic N) is 2. The van der Waals surface area contributed by atoms with Crippen molar-refractivity contribution in [2.45, 2.75) is 33.2 Å². The minimum atomic E-state index is -0.261. The van der Waals surface area contributed by atoms with Crippen LogP contribution in [-0.4, -0.2) is 23.1 Å². The van der Waals surface area contributed by atoms with Gasteiger partial charge >= 0.3 is 0 Å². The van der Waals surface area contributed by atoms with E-state index in [1.807, 2.05) is 69.3 Å². The molecule has 0 saturated heterocycles. The summed E-state index contributed by atoms with van der Waals surface area (Å²) in [6, 6.07) is 11.6. The van der Waals surface area contributed by atoms with Crippen molar-refractivity contribution >= 4 is 23.6 Å². The molecule has 0 fully saturated rings. The molecule has 6 nitrogen and oxygen atoms in total. The summed E-state index contributed by atoms with van der Waals surface area (Å²) in [5.41, 5.74) is 11.0. The summed E-state index contributed by atoms with van der Waals surface area (Å²) in [6.07, 6.45) is 9.20. The molecule has 2 rings (SSSR count). The molecule has 0 radical (unpaired) electrons. The minimum Gasteiger partial charge on any atom is -0.402 e. The Kier molecular flexibility index (Phi) is 9.17. The van der Waals surface area contributed by atoms with Crippen molar-refractivity contribution in [3.63, 3.8) is 0 Å². The molecule has 0 saturated carbocycles. The van der Waals surface area contributed by atoms with E-state index < -0.39 is 0 Å². The van der Waals surface area contributed by atoms with Gasteiger partial charge in [-0.25, -0.2) is 4.98 Å². The van der Waals surface area contributed by atoms with E-state index in [0.29, 0.717) is 12.1 Å². The van der Waals surface area contributed by atoms with Crippen LogP contribution in [-0.2, 0) is 11.2 Å². The number of nitrogens with two attached hydrogens (primary N) is 1. The van der Waals surface area contributed by atoms with Gasteiger partial charge in [0.15, 0.2) is 0 Å². The fraction of sp³-hybridized carbons (Fsp3) is 0.192. The molecule has 0 spiro atoms. The van der Waals surface area contributed by atoms with Gasteiger partial charge < -0.3 is 16.4 Å². The van der Waals surface area contributed by atoms with Gasteiger partial charge in [0.05, 0.1) is 5.69 Å².